The topological polar surface area (TPSA) is 63.2 Å². The summed E-state index contributed by atoms with van der Waals surface area (Å²) in [5, 5.41) is 6.82. The van der Waals surface area contributed by atoms with E-state index in [1.165, 1.54) is 0 Å². The molecule has 0 saturated heterocycles. The minimum Gasteiger partial charge on any atom is -0.497 e. The van der Waals surface area contributed by atoms with Gasteiger partial charge in [-0.25, -0.2) is 0 Å². The number of carbonyl (C=O) groups excluding carboxylic acids is 1. The van der Waals surface area contributed by atoms with Gasteiger partial charge < -0.3 is 15.4 Å². The van der Waals surface area contributed by atoms with Crippen molar-refractivity contribution in [1.29, 1.82) is 0 Å². The van der Waals surface area contributed by atoms with E-state index >= 15 is 0 Å². The Morgan fingerprint density at radius 3 is 2.42 bits per heavy atom. The van der Waals surface area contributed by atoms with Crippen LogP contribution < -0.4 is 15.4 Å². The normalized spacial score (nSPS) is 10.3. The van der Waals surface area contributed by atoms with Crippen LogP contribution in [-0.2, 0) is 0 Å². The molecule has 1 amide bonds. The van der Waals surface area contributed by atoms with Crippen LogP contribution in [0.4, 0.5) is 17.1 Å². The third kappa shape index (κ3) is 4.65. The highest BCUT2D eigenvalue weighted by atomic mass is 35.5. The maximum atomic E-state index is 12.4. The lowest BCUT2D eigenvalue weighted by Crippen LogP contribution is -2.13. The second kappa shape index (κ2) is 8.08. The first-order valence-electron chi connectivity index (χ1n) is 7.68. The highest BCUT2D eigenvalue weighted by Gasteiger charge is 2.10. The van der Waals surface area contributed by atoms with Crippen molar-refractivity contribution in [3.63, 3.8) is 0 Å². The molecule has 3 aromatic rings. The van der Waals surface area contributed by atoms with E-state index in [2.05, 4.69) is 15.6 Å². The molecule has 132 valence electrons. The molecule has 0 aliphatic rings. The van der Waals surface area contributed by atoms with Crippen LogP contribution >= 0.6 is 23.2 Å². The smallest absolute Gasteiger partial charge is 0.274 e. The van der Waals surface area contributed by atoms with Gasteiger partial charge in [0.2, 0.25) is 0 Å². The van der Waals surface area contributed by atoms with Crippen molar-refractivity contribution in [3.05, 3.63) is 76.5 Å². The molecule has 0 spiro atoms. The summed E-state index contributed by atoms with van der Waals surface area (Å²) in [6, 6.07) is 15.7. The largest absolute Gasteiger partial charge is 0.497 e. The predicted molar refractivity (Wildman–Crippen MR) is 105 cm³/mol. The molecule has 7 heteroatoms. The third-order valence-electron chi connectivity index (χ3n) is 3.47. The molecule has 1 heterocycles. The van der Waals surface area contributed by atoms with E-state index in [0.29, 0.717) is 15.7 Å². The minimum absolute atomic E-state index is 0.258. The van der Waals surface area contributed by atoms with Crippen molar-refractivity contribution in [1.82, 2.24) is 4.98 Å². The molecule has 2 N–H and O–H groups in total. The molecule has 5 nitrogen and oxygen atoms in total. The number of hydrogen-bond donors (Lipinski definition) is 2. The van der Waals surface area contributed by atoms with Crippen molar-refractivity contribution in [2.45, 2.75) is 0 Å². The highest BCUT2D eigenvalue weighted by Crippen LogP contribution is 2.24. The third-order valence-corrected chi connectivity index (χ3v) is 3.91. The second-order valence-corrected chi connectivity index (χ2v) is 6.27. The number of hydrogen-bond acceptors (Lipinski definition) is 4. The van der Waals surface area contributed by atoms with Gasteiger partial charge in [0.1, 0.15) is 11.4 Å². The first-order chi connectivity index (χ1) is 12.5. The fourth-order valence-corrected chi connectivity index (χ4v) is 2.85. The number of aromatic nitrogens is 1. The molecule has 2 aromatic carbocycles. The van der Waals surface area contributed by atoms with Crippen LogP contribution in [0.5, 0.6) is 5.75 Å². The number of anilines is 3. The molecule has 0 atom stereocenters. The summed E-state index contributed by atoms with van der Waals surface area (Å²) in [6.07, 6.45) is 1.56. The summed E-state index contributed by atoms with van der Waals surface area (Å²) >= 11 is 11.9. The first kappa shape index (κ1) is 18.0. The highest BCUT2D eigenvalue weighted by molar-refractivity contribution is 6.35. The van der Waals surface area contributed by atoms with Gasteiger partial charge in [-0.15, -0.1) is 0 Å². The Bertz CT molecular complexity index is 927. The van der Waals surface area contributed by atoms with Crippen LogP contribution in [0, 0.1) is 0 Å². The van der Waals surface area contributed by atoms with Crippen molar-refractivity contribution in [2.75, 3.05) is 17.7 Å². The first-order valence-corrected chi connectivity index (χ1v) is 8.43. The zero-order valence-electron chi connectivity index (χ0n) is 13.8. The fraction of sp³-hybridized carbons (Fsp3) is 0.0526. The Morgan fingerprint density at radius 1 is 0.962 bits per heavy atom. The summed E-state index contributed by atoms with van der Waals surface area (Å²) in [6.45, 7) is 0. The quantitative estimate of drug-likeness (QED) is 0.615. The van der Waals surface area contributed by atoms with E-state index in [1.807, 2.05) is 24.3 Å². The van der Waals surface area contributed by atoms with Crippen LogP contribution in [0.1, 0.15) is 10.5 Å². The van der Waals surface area contributed by atoms with Gasteiger partial charge in [-0.3, -0.25) is 9.78 Å². The summed E-state index contributed by atoms with van der Waals surface area (Å²) in [5.74, 6) is 0.373. The monoisotopic (exact) mass is 387 g/mol. The van der Waals surface area contributed by atoms with Crippen LogP contribution in [-0.4, -0.2) is 18.0 Å². The van der Waals surface area contributed by atoms with Gasteiger partial charge in [-0.2, -0.15) is 0 Å². The van der Waals surface area contributed by atoms with E-state index in [4.69, 9.17) is 27.9 Å². The van der Waals surface area contributed by atoms with Gasteiger partial charge in [0.15, 0.2) is 0 Å². The van der Waals surface area contributed by atoms with Gasteiger partial charge in [0.05, 0.1) is 7.11 Å². The lowest BCUT2D eigenvalue weighted by Gasteiger charge is -2.10. The predicted octanol–water partition coefficient (Wildman–Crippen LogP) is 5.39. The number of pyridine rings is 1. The van der Waals surface area contributed by atoms with E-state index in [1.54, 1.807) is 43.6 Å². The van der Waals surface area contributed by atoms with Gasteiger partial charge in [-0.1, -0.05) is 29.3 Å². The Balaban J connectivity index is 1.76. The molecule has 0 aliphatic heterocycles. The Kier molecular flexibility index (Phi) is 5.61. The molecule has 0 radical (unpaired) electrons. The number of ether oxygens (including phenoxy) is 1. The standard InChI is InChI=1S/C19H15Cl2N3O2/c1-26-17-4-2-3-14(10-17)23-15-5-6-22-18(11-15)19(25)24-16-8-12(20)7-13(21)9-16/h2-11H,1H3,(H,22,23)(H,24,25). The molecule has 0 fully saturated rings. The van der Waals surface area contributed by atoms with Crippen LogP contribution in [0.25, 0.3) is 0 Å². The average molecular weight is 388 g/mol. The van der Waals surface area contributed by atoms with Gasteiger partial charge in [-0.05, 0) is 42.5 Å². The number of carbonyl (C=O) groups is 1. The summed E-state index contributed by atoms with van der Waals surface area (Å²) in [5.41, 5.74) is 2.32. The molecule has 1 aromatic heterocycles. The molecule has 26 heavy (non-hydrogen) atoms. The number of nitrogens with one attached hydrogen (secondary N) is 2. The SMILES string of the molecule is COc1cccc(Nc2ccnc(C(=O)Nc3cc(Cl)cc(Cl)c3)c2)c1. The summed E-state index contributed by atoms with van der Waals surface area (Å²) in [4.78, 5) is 16.5. The fourth-order valence-electron chi connectivity index (χ4n) is 2.32. The molecule has 0 bridgehead atoms. The molecular formula is C19H15Cl2N3O2. The lowest BCUT2D eigenvalue weighted by atomic mass is 10.2. The summed E-state index contributed by atoms with van der Waals surface area (Å²) < 4.78 is 5.20. The molecule has 0 aliphatic carbocycles. The van der Waals surface area contributed by atoms with Gasteiger partial charge in [0, 0.05) is 39.4 Å². The molecule has 0 saturated carbocycles. The van der Waals surface area contributed by atoms with Crippen molar-refractivity contribution < 1.29 is 9.53 Å². The van der Waals surface area contributed by atoms with Crippen molar-refractivity contribution in [2.24, 2.45) is 0 Å². The maximum absolute atomic E-state index is 12.4. The van der Waals surface area contributed by atoms with Crippen LogP contribution in [0.2, 0.25) is 10.0 Å². The molecule has 3 rings (SSSR count). The zero-order valence-corrected chi connectivity index (χ0v) is 15.3. The van der Waals surface area contributed by atoms with E-state index < -0.39 is 0 Å². The summed E-state index contributed by atoms with van der Waals surface area (Å²) in [7, 11) is 1.61. The van der Waals surface area contributed by atoms with Gasteiger partial charge in [0.25, 0.3) is 5.91 Å². The Labute approximate surface area is 160 Å². The van der Waals surface area contributed by atoms with E-state index in [9.17, 15) is 4.79 Å². The minimum atomic E-state index is -0.363. The number of halogens is 2. The Morgan fingerprint density at radius 2 is 1.69 bits per heavy atom. The Hall–Kier alpha value is -2.76. The van der Waals surface area contributed by atoms with Crippen LogP contribution in [0.3, 0.4) is 0 Å². The average Bonchev–Trinajstić information content (AvgIpc) is 2.61. The molecular weight excluding hydrogens is 373 g/mol. The van der Waals surface area contributed by atoms with Crippen molar-refractivity contribution in [3.8, 4) is 5.75 Å². The van der Waals surface area contributed by atoms with E-state index in [0.717, 1.165) is 17.1 Å². The number of methoxy groups -OCH3 is 1. The zero-order chi connectivity index (χ0) is 18.5. The van der Waals surface area contributed by atoms with Crippen LogP contribution in [0.15, 0.2) is 60.8 Å². The number of benzene rings is 2. The van der Waals surface area contributed by atoms with Crippen molar-refractivity contribution >= 4 is 46.2 Å². The van der Waals surface area contributed by atoms with E-state index in [-0.39, 0.29) is 11.6 Å². The molecule has 0 unspecified atom stereocenters. The number of nitrogens with zero attached hydrogens (tertiary/aromatic N) is 1. The maximum Gasteiger partial charge on any atom is 0.274 e. The van der Waals surface area contributed by atoms with Gasteiger partial charge >= 0.3 is 0 Å². The number of rotatable bonds is 5. The number of amides is 1. The lowest BCUT2D eigenvalue weighted by molar-refractivity contribution is 0.102. The second-order valence-electron chi connectivity index (χ2n) is 5.40.